The second-order valence-corrected chi connectivity index (χ2v) is 4.41. The van der Waals surface area contributed by atoms with Crippen molar-refractivity contribution in [3.63, 3.8) is 0 Å². The molecule has 0 aliphatic heterocycles. The van der Waals surface area contributed by atoms with Crippen molar-refractivity contribution in [1.29, 1.82) is 0 Å². The van der Waals surface area contributed by atoms with E-state index in [1.165, 1.54) is 6.92 Å². The van der Waals surface area contributed by atoms with Crippen molar-refractivity contribution in [2.45, 2.75) is 26.4 Å². The SMILES string of the molecule is Cc1ccsc1CNC(=O)N[C@H](C)C(=O)O. The molecule has 3 N–H and O–H groups in total. The number of aliphatic carboxylic acids is 1. The van der Waals surface area contributed by atoms with E-state index >= 15 is 0 Å². The van der Waals surface area contributed by atoms with E-state index in [1.54, 1.807) is 11.3 Å². The first kappa shape index (κ1) is 12.5. The van der Waals surface area contributed by atoms with Gasteiger partial charge in [0.1, 0.15) is 6.04 Å². The Morgan fingerprint density at radius 1 is 1.56 bits per heavy atom. The number of thiophene rings is 1. The van der Waals surface area contributed by atoms with E-state index < -0.39 is 18.0 Å². The number of carboxylic acids is 1. The molecule has 0 bridgehead atoms. The van der Waals surface area contributed by atoms with E-state index in [0.29, 0.717) is 6.54 Å². The van der Waals surface area contributed by atoms with Crippen molar-refractivity contribution in [3.8, 4) is 0 Å². The van der Waals surface area contributed by atoms with Crippen LogP contribution in [0.2, 0.25) is 0 Å². The average Bonchev–Trinajstić information content (AvgIpc) is 2.61. The third-order valence-electron chi connectivity index (χ3n) is 2.10. The first-order valence-electron chi connectivity index (χ1n) is 4.81. The summed E-state index contributed by atoms with van der Waals surface area (Å²) in [6.45, 7) is 3.80. The molecule has 0 aliphatic carbocycles. The van der Waals surface area contributed by atoms with Crippen LogP contribution in [0, 0.1) is 6.92 Å². The molecule has 16 heavy (non-hydrogen) atoms. The highest BCUT2D eigenvalue weighted by atomic mass is 32.1. The molecule has 1 atom stereocenters. The summed E-state index contributed by atoms with van der Waals surface area (Å²) in [7, 11) is 0. The molecular weight excluding hydrogens is 228 g/mol. The van der Waals surface area contributed by atoms with Gasteiger partial charge in [-0.1, -0.05) is 0 Å². The van der Waals surface area contributed by atoms with Crippen molar-refractivity contribution >= 4 is 23.3 Å². The fourth-order valence-corrected chi connectivity index (χ4v) is 1.90. The molecule has 1 rings (SSSR count). The van der Waals surface area contributed by atoms with Gasteiger partial charge in [0.15, 0.2) is 0 Å². The molecule has 0 saturated carbocycles. The highest BCUT2D eigenvalue weighted by molar-refractivity contribution is 7.10. The zero-order valence-electron chi connectivity index (χ0n) is 9.11. The molecule has 0 radical (unpaired) electrons. The van der Waals surface area contributed by atoms with Gasteiger partial charge < -0.3 is 15.7 Å². The van der Waals surface area contributed by atoms with Gasteiger partial charge in [0, 0.05) is 4.88 Å². The molecule has 0 aromatic carbocycles. The van der Waals surface area contributed by atoms with Gasteiger partial charge in [-0.2, -0.15) is 0 Å². The lowest BCUT2D eigenvalue weighted by Gasteiger charge is -2.10. The highest BCUT2D eigenvalue weighted by Crippen LogP contribution is 2.14. The van der Waals surface area contributed by atoms with E-state index in [-0.39, 0.29) is 0 Å². The highest BCUT2D eigenvalue weighted by Gasteiger charge is 2.13. The van der Waals surface area contributed by atoms with Crippen LogP contribution in [0.25, 0.3) is 0 Å². The number of amides is 2. The van der Waals surface area contributed by atoms with Crippen LogP contribution in [-0.2, 0) is 11.3 Å². The molecule has 1 aromatic heterocycles. The molecule has 6 heteroatoms. The lowest BCUT2D eigenvalue weighted by Crippen LogP contribution is -2.44. The van der Waals surface area contributed by atoms with Gasteiger partial charge in [-0.25, -0.2) is 4.79 Å². The number of rotatable bonds is 4. The maximum atomic E-state index is 11.3. The standard InChI is InChI=1S/C10H14N2O3S/c1-6-3-4-16-8(6)5-11-10(15)12-7(2)9(13)14/h3-4,7H,5H2,1-2H3,(H,13,14)(H2,11,12,15)/t7-/m1/s1. The van der Waals surface area contributed by atoms with Crippen LogP contribution in [-0.4, -0.2) is 23.1 Å². The third kappa shape index (κ3) is 3.54. The van der Waals surface area contributed by atoms with Crippen molar-refractivity contribution in [2.24, 2.45) is 0 Å². The van der Waals surface area contributed by atoms with E-state index in [1.807, 2.05) is 18.4 Å². The molecule has 5 nitrogen and oxygen atoms in total. The number of hydrogen-bond acceptors (Lipinski definition) is 3. The van der Waals surface area contributed by atoms with Crippen molar-refractivity contribution in [2.75, 3.05) is 0 Å². The van der Waals surface area contributed by atoms with Gasteiger partial charge in [-0.15, -0.1) is 11.3 Å². The second kappa shape index (κ2) is 5.50. The van der Waals surface area contributed by atoms with Crippen molar-refractivity contribution in [1.82, 2.24) is 10.6 Å². The maximum Gasteiger partial charge on any atom is 0.325 e. The quantitative estimate of drug-likeness (QED) is 0.745. The molecule has 0 saturated heterocycles. The fourth-order valence-electron chi connectivity index (χ4n) is 1.06. The summed E-state index contributed by atoms with van der Waals surface area (Å²) in [5, 5.41) is 15.5. The Kier molecular flexibility index (Phi) is 4.30. The van der Waals surface area contributed by atoms with Crippen LogP contribution in [0.1, 0.15) is 17.4 Å². The number of carboxylic acid groups (broad SMARTS) is 1. The third-order valence-corrected chi connectivity index (χ3v) is 3.12. The normalized spacial score (nSPS) is 11.9. The molecule has 0 fully saturated rings. The zero-order valence-corrected chi connectivity index (χ0v) is 9.93. The molecular formula is C10H14N2O3S. The monoisotopic (exact) mass is 242 g/mol. The van der Waals surface area contributed by atoms with Gasteiger partial charge in [0.2, 0.25) is 0 Å². The predicted molar refractivity (Wildman–Crippen MR) is 61.5 cm³/mol. The van der Waals surface area contributed by atoms with E-state index in [9.17, 15) is 9.59 Å². The summed E-state index contributed by atoms with van der Waals surface area (Å²) in [5.41, 5.74) is 1.12. The molecule has 0 spiro atoms. The Hall–Kier alpha value is -1.56. The molecule has 0 aliphatic rings. The minimum Gasteiger partial charge on any atom is -0.480 e. The number of aryl methyl sites for hydroxylation is 1. The molecule has 88 valence electrons. The Morgan fingerprint density at radius 3 is 2.75 bits per heavy atom. The zero-order chi connectivity index (χ0) is 12.1. The van der Waals surface area contributed by atoms with Crippen LogP contribution in [0.5, 0.6) is 0 Å². The lowest BCUT2D eigenvalue weighted by atomic mass is 10.3. The molecule has 1 heterocycles. The van der Waals surface area contributed by atoms with Gasteiger partial charge in [-0.3, -0.25) is 4.79 Å². The molecule has 2 amide bonds. The summed E-state index contributed by atoms with van der Waals surface area (Å²) in [5.74, 6) is -1.05. The molecule has 1 aromatic rings. The Bertz CT molecular complexity index is 389. The summed E-state index contributed by atoms with van der Waals surface area (Å²) in [4.78, 5) is 22.8. The number of urea groups is 1. The summed E-state index contributed by atoms with van der Waals surface area (Å²) < 4.78 is 0. The van der Waals surface area contributed by atoms with E-state index in [4.69, 9.17) is 5.11 Å². The summed E-state index contributed by atoms with van der Waals surface area (Å²) >= 11 is 1.56. The van der Waals surface area contributed by atoms with Crippen LogP contribution < -0.4 is 10.6 Å². The number of carbonyl (C=O) groups excluding carboxylic acids is 1. The Morgan fingerprint density at radius 2 is 2.25 bits per heavy atom. The number of hydrogen-bond donors (Lipinski definition) is 3. The number of carbonyl (C=O) groups is 2. The average molecular weight is 242 g/mol. The topological polar surface area (TPSA) is 78.4 Å². The van der Waals surface area contributed by atoms with Gasteiger partial charge in [-0.05, 0) is 30.9 Å². The van der Waals surface area contributed by atoms with Gasteiger partial charge >= 0.3 is 12.0 Å². The molecule has 0 unspecified atom stereocenters. The van der Waals surface area contributed by atoms with E-state index in [0.717, 1.165) is 10.4 Å². The largest absolute Gasteiger partial charge is 0.480 e. The van der Waals surface area contributed by atoms with E-state index in [2.05, 4.69) is 10.6 Å². The minimum atomic E-state index is -1.05. The Labute approximate surface area is 97.5 Å². The number of nitrogens with one attached hydrogen (secondary N) is 2. The maximum absolute atomic E-state index is 11.3. The van der Waals surface area contributed by atoms with Crippen LogP contribution >= 0.6 is 11.3 Å². The summed E-state index contributed by atoms with van der Waals surface area (Å²) in [6.07, 6.45) is 0. The van der Waals surface area contributed by atoms with Gasteiger partial charge in [0.25, 0.3) is 0 Å². The van der Waals surface area contributed by atoms with Crippen LogP contribution in [0.15, 0.2) is 11.4 Å². The minimum absolute atomic E-state index is 0.418. The van der Waals surface area contributed by atoms with Crippen LogP contribution in [0.4, 0.5) is 4.79 Å². The second-order valence-electron chi connectivity index (χ2n) is 3.41. The first-order chi connectivity index (χ1) is 7.50. The first-order valence-corrected chi connectivity index (χ1v) is 5.69. The predicted octanol–water partition coefficient (Wildman–Crippen LogP) is 1.33. The van der Waals surface area contributed by atoms with Gasteiger partial charge in [0.05, 0.1) is 6.54 Å². The van der Waals surface area contributed by atoms with Crippen LogP contribution in [0.3, 0.4) is 0 Å². The summed E-state index contributed by atoms with van der Waals surface area (Å²) in [6, 6.07) is 0.617. The van der Waals surface area contributed by atoms with Crippen molar-refractivity contribution < 1.29 is 14.7 Å². The smallest absolute Gasteiger partial charge is 0.325 e. The Balaban J connectivity index is 2.36. The fraction of sp³-hybridized carbons (Fsp3) is 0.400. The van der Waals surface area contributed by atoms with Crippen molar-refractivity contribution in [3.05, 3.63) is 21.9 Å². The lowest BCUT2D eigenvalue weighted by molar-refractivity contribution is -0.138.